The monoisotopic (exact) mass is 546 g/mol. The zero-order valence-corrected chi connectivity index (χ0v) is 24.8. The second-order valence-electron chi connectivity index (χ2n) is 12.9. The van der Waals surface area contributed by atoms with Gasteiger partial charge in [-0.2, -0.15) is 0 Å². The van der Waals surface area contributed by atoms with Crippen LogP contribution in [0.5, 0.6) is 11.5 Å². The van der Waals surface area contributed by atoms with Gasteiger partial charge in [0.2, 0.25) is 0 Å². The van der Waals surface area contributed by atoms with E-state index < -0.39 is 0 Å². The number of hydrogen-bond acceptors (Lipinski definition) is 5. The van der Waals surface area contributed by atoms with Crippen molar-refractivity contribution in [2.45, 2.75) is 96.8 Å². The molecule has 0 radical (unpaired) electrons. The van der Waals surface area contributed by atoms with Crippen LogP contribution in [0.15, 0.2) is 36.4 Å². The second-order valence-corrected chi connectivity index (χ2v) is 12.9. The summed E-state index contributed by atoms with van der Waals surface area (Å²) >= 11 is 0. The van der Waals surface area contributed by atoms with Gasteiger partial charge in [0.15, 0.2) is 0 Å². The van der Waals surface area contributed by atoms with Gasteiger partial charge in [-0.05, 0) is 116 Å². The molecule has 2 aromatic rings. The Labute approximate surface area is 240 Å². The Hall–Kier alpha value is -2.66. The molecular weight excluding hydrogens is 500 g/mol. The van der Waals surface area contributed by atoms with E-state index in [4.69, 9.17) is 14.2 Å². The van der Waals surface area contributed by atoms with Crippen LogP contribution >= 0.6 is 0 Å². The van der Waals surface area contributed by atoms with Crippen LogP contribution in [-0.2, 0) is 19.7 Å². The third-order valence-electron chi connectivity index (χ3n) is 9.84. The van der Waals surface area contributed by atoms with Gasteiger partial charge in [-0.25, -0.2) is 0 Å². The molecule has 0 amide bonds. The smallest absolute Gasteiger partial charge is 0.314 e. The molecule has 0 atom stereocenters. The summed E-state index contributed by atoms with van der Waals surface area (Å²) in [6.45, 7) is 7.39. The van der Waals surface area contributed by atoms with Crippen LogP contribution in [-0.4, -0.2) is 25.7 Å². The average molecular weight is 547 g/mol. The van der Waals surface area contributed by atoms with Crippen LogP contribution in [0, 0.1) is 23.7 Å². The lowest BCUT2D eigenvalue weighted by Gasteiger charge is -2.27. The van der Waals surface area contributed by atoms with E-state index in [1.54, 1.807) is 7.11 Å². The first-order valence-corrected chi connectivity index (χ1v) is 15.5. The van der Waals surface area contributed by atoms with Gasteiger partial charge >= 0.3 is 11.9 Å². The molecule has 40 heavy (non-hydrogen) atoms. The van der Waals surface area contributed by atoms with Crippen molar-refractivity contribution in [3.05, 3.63) is 47.5 Å². The number of esters is 2. The average Bonchev–Trinajstić information content (AvgIpc) is 3.18. The molecule has 0 saturated heterocycles. The summed E-state index contributed by atoms with van der Waals surface area (Å²) in [6.07, 6.45) is 11.6. The number of ether oxygens (including phenoxy) is 3. The summed E-state index contributed by atoms with van der Waals surface area (Å²) in [5, 5.41) is 0. The van der Waals surface area contributed by atoms with E-state index in [9.17, 15) is 9.59 Å². The summed E-state index contributed by atoms with van der Waals surface area (Å²) in [4.78, 5) is 26.0. The Morgan fingerprint density at radius 3 is 1.60 bits per heavy atom. The molecule has 3 aliphatic rings. The Morgan fingerprint density at radius 2 is 1.18 bits per heavy atom. The highest BCUT2D eigenvalue weighted by Crippen LogP contribution is 2.50. The van der Waals surface area contributed by atoms with Crippen molar-refractivity contribution in [3.8, 4) is 22.6 Å². The fourth-order valence-electron chi connectivity index (χ4n) is 7.29. The number of hydrogen-bond donors (Lipinski definition) is 0. The number of benzene rings is 2. The van der Waals surface area contributed by atoms with Crippen molar-refractivity contribution >= 4 is 11.9 Å². The highest BCUT2D eigenvalue weighted by atomic mass is 16.5. The molecule has 0 unspecified atom stereocenters. The van der Waals surface area contributed by atoms with Crippen LogP contribution in [0.3, 0.4) is 0 Å². The summed E-state index contributed by atoms with van der Waals surface area (Å²) in [7, 11) is 1.74. The van der Waals surface area contributed by atoms with Gasteiger partial charge in [-0.1, -0.05) is 45.7 Å². The second kappa shape index (κ2) is 12.5. The number of fused-ring (bicyclic) bond motifs is 3. The minimum atomic E-state index is -0.298. The Kier molecular flexibility index (Phi) is 8.99. The molecule has 3 aliphatic carbocycles. The molecule has 2 fully saturated rings. The Morgan fingerprint density at radius 1 is 0.725 bits per heavy atom. The number of methoxy groups -OCH3 is 1. The molecule has 0 aromatic heterocycles. The normalized spacial score (nSPS) is 25.1. The lowest BCUT2D eigenvalue weighted by molar-refractivity contribution is -0.141. The van der Waals surface area contributed by atoms with Crippen LogP contribution < -0.4 is 9.47 Å². The van der Waals surface area contributed by atoms with E-state index in [1.165, 1.54) is 12.8 Å². The minimum Gasteiger partial charge on any atom is -0.426 e. The van der Waals surface area contributed by atoms with Crippen LogP contribution in [0.25, 0.3) is 11.1 Å². The van der Waals surface area contributed by atoms with Crippen molar-refractivity contribution in [3.63, 3.8) is 0 Å². The zero-order chi connectivity index (χ0) is 28.3. The molecule has 0 N–H and O–H groups in total. The molecule has 2 saturated carbocycles. The maximum atomic E-state index is 13.0. The molecule has 0 bridgehead atoms. The first kappa shape index (κ1) is 28.9. The molecule has 2 aromatic carbocycles. The predicted molar refractivity (Wildman–Crippen MR) is 158 cm³/mol. The van der Waals surface area contributed by atoms with Gasteiger partial charge < -0.3 is 14.2 Å². The van der Waals surface area contributed by atoms with E-state index in [1.807, 2.05) is 24.3 Å². The van der Waals surface area contributed by atoms with E-state index >= 15 is 0 Å². The van der Waals surface area contributed by atoms with Crippen molar-refractivity contribution in [2.75, 3.05) is 13.7 Å². The first-order chi connectivity index (χ1) is 19.3. The van der Waals surface area contributed by atoms with Crippen molar-refractivity contribution in [1.82, 2.24) is 0 Å². The van der Waals surface area contributed by atoms with Crippen LogP contribution in [0.4, 0.5) is 0 Å². The van der Waals surface area contributed by atoms with Crippen LogP contribution in [0.2, 0.25) is 0 Å². The number of rotatable bonds is 9. The van der Waals surface area contributed by atoms with E-state index in [0.29, 0.717) is 17.4 Å². The Balaban J connectivity index is 1.23. The quantitative estimate of drug-likeness (QED) is 0.234. The van der Waals surface area contributed by atoms with Crippen LogP contribution in [0.1, 0.15) is 103 Å². The van der Waals surface area contributed by atoms with Gasteiger partial charge in [0.25, 0.3) is 0 Å². The topological polar surface area (TPSA) is 61.8 Å². The van der Waals surface area contributed by atoms with E-state index in [0.717, 1.165) is 92.6 Å². The molecule has 5 nitrogen and oxygen atoms in total. The molecular formula is C35H46O5. The van der Waals surface area contributed by atoms with Gasteiger partial charge in [0, 0.05) is 19.1 Å². The molecule has 216 valence electrons. The van der Waals surface area contributed by atoms with Crippen molar-refractivity contribution in [1.29, 1.82) is 0 Å². The Bertz CT molecular complexity index is 1200. The summed E-state index contributed by atoms with van der Waals surface area (Å²) in [6, 6.07) is 12.0. The maximum Gasteiger partial charge on any atom is 0.314 e. The van der Waals surface area contributed by atoms with Gasteiger partial charge in [0.1, 0.15) is 11.5 Å². The summed E-state index contributed by atoms with van der Waals surface area (Å²) < 4.78 is 17.1. The van der Waals surface area contributed by atoms with Crippen molar-refractivity contribution < 1.29 is 23.8 Å². The fraction of sp³-hybridized carbons (Fsp3) is 0.600. The first-order valence-electron chi connectivity index (χ1n) is 15.5. The van der Waals surface area contributed by atoms with Gasteiger partial charge in [-0.15, -0.1) is 0 Å². The standard InChI is InChI=1S/C35H46O5/c1-5-6-23-7-11-25(12-8-23)33(36)39-27-15-17-29-30-18-16-28(22-32(30)35(2,3)31(29)21-27)40-34(37)26-13-9-24(10-14-26)19-20-38-4/h15-18,21-26H,5-14,19-20H2,1-4H3. The van der Waals surface area contributed by atoms with Crippen molar-refractivity contribution in [2.24, 2.45) is 23.7 Å². The highest BCUT2D eigenvalue weighted by molar-refractivity contribution is 5.83. The predicted octanol–water partition coefficient (Wildman–Crippen LogP) is 8.25. The maximum absolute atomic E-state index is 13.0. The molecule has 0 aliphatic heterocycles. The molecule has 5 rings (SSSR count). The van der Waals surface area contributed by atoms with E-state index in [2.05, 4.69) is 32.9 Å². The van der Waals surface area contributed by atoms with Gasteiger partial charge in [-0.3, -0.25) is 9.59 Å². The third kappa shape index (κ3) is 6.15. The lowest BCUT2D eigenvalue weighted by atomic mass is 9.80. The number of carbonyl (C=O) groups excluding carboxylic acids is 2. The molecule has 0 heterocycles. The zero-order valence-electron chi connectivity index (χ0n) is 24.8. The largest absolute Gasteiger partial charge is 0.426 e. The molecule has 5 heteroatoms. The molecule has 0 spiro atoms. The minimum absolute atomic E-state index is 0.00391. The fourth-order valence-corrected chi connectivity index (χ4v) is 7.29. The van der Waals surface area contributed by atoms with E-state index in [-0.39, 0.29) is 29.2 Å². The SMILES string of the molecule is CCCC1CCC(C(=O)Oc2ccc3c(c2)C(C)(C)c2cc(OC(=O)C4CCC(CCOC)CC4)ccc2-3)CC1. The highest BCUT2D eigenvalue weighted by Gasteiger charge is 2.37. The number of carbonyl (C=O) groups is 2. The third-order valence-corrected chi connectivity index (χ3v) is 9.84. The lowest BCUT2D eigenvalue weighted by Crippen LogP contribution is -2.26. The summed E-state index contributed by atoms with van der Waals surface area (Å²) in [5.74, 6) is 2.40. The van der Waals surface area contributed by atoms with Gasteiger partial charge in [0.05, 0.1) is 11.8 Å². The summed E-state index contributed by atoms with van der Waals surface area (Å²) in [5.41, 5.74) is 4.26.